The van der Waals surface area contributed by atoms with E-state index in [4.69, 9.17) is 22.0 Å². The summed E-state index contributed by atoms with van der Waals surface area (Å²) in [4.78, 5) is 22.8. The number of amides is 1. The lowest BCUT2D eigenvalue weighted by atomic mass is 10.1. The van der Waals surface area contributed by atoms with E-state index in [1.165, 1.54) is 18.3 Å². The number of halogens is 1. The predicted octanol–water partition coefficient (Wildman–Crippen LogP) is 2.85. The number of carbonyl (C=O) groups excluding carboxylic acids is 1. The quantitative estimate of drug-likeness (QED) is 0.514. The molecule has 0 saturated heterocycles. The van der Waals surface area contributed by atoms with Gasteiger partial charge >= 0.3 is 5.97 Å². The van der Waals surface area contributed by atoms with E-state index in [0.29, 0.717) is 11.6 Å². The molecule has 0 spiro atoms. The van der Waals surface area contributed by atoms with Crippen molar-refractivity contribution in [2.75, 3.05) is 0 Å². The van der Waals surface area contributed by atoms with Crippen molar-refractivity contribution in [2.45, 2.75) is 13.1 Å². The van der Waals surface area contributed by atoms with Gasteiger partial charge in [-0.05, 0) is 35.4 Å². The monoisotopic (exact) mass is 369 g/mol. The molecule has 1 amide bonds. The predicted molar refractivity (Wildman–Crippen MR) is 97.2 cm³/mol. The minimum Gasteiger partial charge on any atom is -0.478 e. The Morgan fingerprint density at radius 3 is 2.19 bits per heavy atom. The maximum atomic E-state index is 12.0. The molecule has 0 heterocycles. The van der Waals surface area contributed by atoms with Gasteiger partial charge < -0.3 is 15.7 Å². The molecule has 2 aromatic rings. The number of hydrogen-bond donors (Lipinski definition) is 3. The molecule has 3 N–H and O–H groups in total. The van der Waals surface area contributed by atoms with Crippen LogP contribution < -0.4 is 10.6 Å². The molecule has 0 unspecified atom stereocenters. The zero-order chi connectivity index (χ0) is 18.9. The van der Waals surface area contributed by atoms with Gasteiger partial charge in [-0.25, -0.2) is 4.79 Å². The molecule has 132 valence electrons. The zero-order valence-electron chi connectivity index (χ0n) is 13.7. The number of nitrogens with zero attached hydrogens (tertiary/aromatic N) is 1. The summed E-state index contributed by atoms with van der Waals surface area (Å²) in [5.74, 6) is -1.48. The molecule has 2 aromatic carbocycles. The highest BCUT2D eigenvalue weighted by Crippen LogP contribution is 2.09. The highest BCUT2D eigenvalue weighted by atomic mass is 35.5. The average Bonchev–Trinajstić information content (AvgIpc) is 2.65. The van der Waals surface area contributed by atoms with Gasteiger partial charge in [-0.15, -0.1) is 0 Å². The number of aromatic carboxylic acids is 1. The first-order valence-electron chi connectivity index (χ1n) is 7.68. The van der Waals surface area contributed by atoms with Gasteiger partial charge in [0.2, 0.25) is 0 Å². The molecule has 0 saturated carbocycles. The van der Waals surface area contributed by atoms with Crippen LogP contribution in [0.4, 0.5) is 0 Å². The summed E-state index contributed by atoms with van der Waals surface area (Å²) >= 11 is 5.80. The lowest BCUT2D eigenvalue weighted by molar-refractivity contribution is -0.117. The standard InChI is InChI=1S/C19H16ClN3O3/c20-17-7-3-14(4-8-17)11-23-18(24)16(9-21)12-22-10-13-1-5-15(6-2-13)19(25)26/h1-8,12,22H,10-11H2,(H,23,24)(H,25,26)/b16-12-. The summed E-state index contributed by atoms with van der Waals surface area (Å²) in [6.07, 6.45) is 1.34. The molecular formula is C19H16ClN3O3. The highest BCUT2D eigenvalue weighted by Gasteiger charge is 2.08. The van der Waals surface area contributed by atoms with E-state index in [1.807, 2.05) is 6.07 Å². The van der Waals surface area contributed by atoms with Crippen LogP contribution in [0.2, 0.25) is 5.02 Å². The lowest BCUT2D eigenvalue weighted by Crippen LogP contribution is -2.25. The van der Waals surface area contributed by atoms with Crippen LogP contribution in [0.1, 0.15) is 21.5 Å². The van der Waals surface area contributed by atoms with E-state index < -0.39 is 11.9 Å². The topological polar surface area (TPSA) is 102 Å². The van der Waals surface area contributed by atoms with E-state index in [0.717, 1.165) is 11.1 Å². The molecule has 0 aliphatic heterocycles. The third kappa shape index (κ3) is 5.65. The lowest BCUT2D eigenvalue weighted by Gasteiger charge is -2.06. The third-order valence-electron chi connectivity index (χ3n) is 3.48. The number of carboxylic acid groups (broad SMARTS) is 1. The van der Waals surface area contributed by atoms with Crippen LogP contribution in [0.5, 0.6) is 0 Å². The smallest absolute Gasteiger partial charge is 0.335 e. The normalized spacial score (nSPS) is 10.7. The van der Waals surface area contributed by atoms with Crippen LogP contribution in [0.15, 0.2) is 60.3 Å². The Balaban J connectivity index is 1.88. The zero-order valence-corrected chi connectivity index (χ0v) is 14.5. The van der Waals surface area contributed by atoms with Gasteiger partial charge in [0.1, 0.15) is 11.6 Å². The van der Waals surface area contributed by atoms with Crippen LogP contribution in [0, 0.1) is 11.3 Å². The molecule has 2 rings (SSSR count). The maximum Gasteiger partial charge on any atom is 0.335 e. The molecule has 0 aliphatic rings. The number of carbonyl (C=O) groups is 2. The van der Waals surface area contributed by atoms with E-state index in [2.05, 4.69) is 10.6 Å². The minimum absolute atomic E-state index is 0.0545. The number of nitrogens with one attached hydrogen (secondary N) is 2. The fraction of sp³-hybridized carbons (Fsp3) is 0.105. The van der Waals surface area contributed by atoms with E-state index in [-0.39, 0.29) is 17.7 Å². The van der Waals surface area contributed by atoms with Gasteiger partial charge in [-0.1, -0.05) is 35.9 Å². The number of nitriles is 1. The van der Waals surface area contributed by atoms with Crippen molar-refractivity contribution in [3.8, 4) is 6.07 Å². The van der Waals surface area contributed by atoms with Crippen LogP contribution in [0.3, 0.4) is 0 Å². The van der Waals surface area contributed by atoms with Gasteiger partial charge in [-0.3, -0.25) is 4.79 Å². The second-order valence-corrected chi connectivity index (χ2v) is 5.80. The van der Waals surface area contributed by atoms with Crippen LogP contribution in [-0.2, 0) is 17.9 Å². The maximum absolute atomic E-state index is 12.0. The molecule has 0 aromatic heterocycles. The molecule has 26 heavy (non-hydrogen) atoms. The second-order valence-electron chi connectivity index (χ2n) is 5.36. The van der Waals surface area contributed by atoms with Gasteiger partial charge in [0, 0.05) is 24.3 Å². The summed E-state index contributed by atoms with van der Waals surface area (Å²) in [6, 6.07) is 15.2. The third-order valence-corrected chi connectivity index (χ3v) is 3.74. The Bertz CT molecular complexity index is 853. The van der Waals surface area contributed by atoms with Crippen molar-refractivity contribution in [1.29, 1.82) is 5.26 Å². The Morgan fingerprint density at radius 1 is 1.04 bits per heavy atom. The van der Waals surface area contributed by atoms with Crippen molar-refractivity contribution in [1.82, 2.24) is 10.6 Å². The largest absolute Gasteiger partial charge is 0.478 e. The van der Waals surface area contributed by atoms with Gasteiger partial charge in [0.05, 0.1) is 5.56 Å². The Labute approximate surface area is 155 Å². The van der Waals surface area contributed by atoms with E-state index in [1.54, 1.807) is 36.4 Å². The Morgan fingerprint density at radius 2 is 1.62 bits per heavy atom. The van der Waals surface area contributed by atoms with Crippen molar-refractivity contribution in [2.24, 2.45) is 0 Å². The first kappa shape index (κ1) is 19.0. The number of benzene rings is 2. The fourth-order valence-corrected chi connectivity index (χ4v) is 2.19. The average molecular weight is 370 g/mol. The molecule has 0 atom stereocenters. The number of rotatable bonds is 7. The summed E-state index contributed by atoms with van der Waals surface area (Å²) in [5, 5.41) is 24.1. The molecule has 0 radical (unpaired) electrons. The Hall–Kier alpha value is -3.30. The minimum atomic E-state index is -0.992. The van der Waals surface area contributed by atoms with Crippen LogP contribution >= 0.6 is 11.6 Å². The number of hydrogen-bond acceptors (Lipinski definition) is 4. The van der Waals surface area contributed by atoms with Crippen LogP contribution in [-0.4, -0.2) is 17.0 Å². The van der Waals surface area contributed by atoms with Crippen LogP contribution in [0.25, 0.3) is 0 Å². The van der Waals surface area contributed by atoms with Crippen molar-refractivity contribution < 1.29 is 14.7 Å². The summed E-state index contributed by atoms with van der Waals surface area (Å²) in [6.45, 7) is 0.640. The van der Waals surface area contributed by atoms with Crippen molar-refractivity contribution in [3.63, 3.8) is 0 Å². The molecule has 0 fully saturated rings. The van der Waals surface area contributed by atoms with Gasteiger partial charge in [-0.2, -0.15) is 5.26 Å². The molecule has 0 aliphatic carbocycles. The summed E-state index contributed by atoms with van der Waals surface area (Å²) < 4.78 is 0. The van der Waals surface area contributed by atoms with Crippen molar-refractivity contribution in [3.05, 3.63) is 82.0 Å². The SMILES string of the molecule is N#C/C(=C/NCc1ccc(C(=O)O)cc1)C(=O)NCc1ccc(Cl)cc1. The molecule has 7 heteroatoms. The highest BCUT2D eigenvalue weighted by molar-refractivity contribution is 6.30. The molecule has 0 bridgehead atoms. The second kappa shape index (κ2) is 9.25. The van der Waals surface area contributed by atoms with Gasteiger partial charge in [0.25, 0.3) is 5.91 Å². The number of carboxylic acids is 1. The first-order valence-corrected chi connectivity index (χ1v) is 8.06. The fourth-order valence-electron chi connectivity index (χ4n) is 2.06. The summed E-state index contributed by atoms with van der Waals surface area (Å²) in [5.41, 5.74) is 1.83. The van der Waals surface area contributed by atoms with Crippen molar-refractivity contribution >= 4 is 23.5 Å². The summed E-state index contributed by atoms with van der Waals surface area (Å²) in [7, 11) is 0. The first-order chi connectivity index (χ1) is 12.5. The van der Waals surface area contributed by atoms with Gasteiger partial charge in [0.15, 0.2) is 0 Å². The molecule has 6 nitrogen and oxygen atoms in total. The van der Waals surface area contributed by atoms with E-state index >= 15 is 0 Å². The Kier molecular flexibility index (Phi) is 6.77. The molecular weight excluding hydrogens is 354 g/mol. The van der Waals surface area contributed by atoms with E-state index in [9.17, 15) is 9.59 Å².